The van der Waals surface area contributed by atoms with Gasteiger partial charge in [-0.1, -0.05) is 38.1 Å². The molecule has 0 atom stereocenters. The molecule has 132 valence electrons. The maximum atomic E-state index is 11.1. The van der Waals surface area contributed by atoms with Crippen LogP contribution in [0.5, 0.6) is 11.5 Å². The Morgan fingerprint density at radius 3 is 1.28 bits per heavy atom. The molecule has 2 aromatic carbocycles. The van der Waals surface area contributed by atoms with Crippen LogP contribution in [0.1, 0.15) is 51.7 Å². The minimum absolute atomic E-state index is 0.149. The van der Waals surface area contributed by atoms with Crippen molar-refractivity contribution in [3.8, 4) is 11.5 Å². The first-order valence-electron chi connectivity index (χ1n) is 8.49. The smallest absolute Gasteiger partial charge is 0.308 e. The van der Waals surface area contributed by atoms with Gasteiger partial charge in [-0.25, -0.2) is 0 Å². The van der Waals surface area contributed by atoms with Crippen molar-refractivity contribution in [2.24, 2.45) is 0 Å². The van der Waals surface area contributed by atoms with Crippen LogP contribution >= 0.6 is 0 Å². The van der Waals surface area contributed by atoms with Gasteiger partial charge in [0.1, 0.15) is 11.5 Å². The van der Waals surface area contributed by atoms with Crippen LogP contribution in [0.15, 0.2) is 48.5 Å². The van der Waals surface area contributed by atoms with Crippen molar-refractivity contribution in [1.82, 2.24) is 0 Å². The van der Waals surface area contributed by atoms with E-state index in [1.165, 1.54) is 13.8 Å². The molecule has 2 rings (SSSR count). The van der Waals surface area contributed by atoms with Gasteiger partial charge in [-0.15, -0.1) is 0 Å². The predicted octanol–water partition coefficient (Wildman–Crippen LogP) is 4.64. The van der Waals surface area contributed by atoms with Crippen LogP contribution in [0.2, 0.25) is 0 Å². The Morgan fingerprint density at radius 2 is 1.04 bits per heavy atom. The first-order valence-corrected chi connectivity index (χ1v) is 8.49. The molecular formula is C21H24O4. The van der Waals surface area contributed by atoms with Crippen molar-refractivity contribution in [3.63, 3.8) is 0 Å². The van der Waals surface area contributed by atoms with E-state index < -0.39 is 0 Å². The molecule has 0 saturated heterocycles. The number of benzene rings is 2. The quantitative estimate of drug-likeness (QED) is 0.568. The number of hydrogen-bond donors (Lipinski definition) is 0. The molecule has 0 aliphatic rings. The number of hydrogen-bond acceptors (Lipinski definition) is 4. The van der Waals surface area contributed by atoms with Crippen molar-refractivity contribution in [1.29, 1.82) is 0 Å². The van der Waals surface area contributed by atoms with Gasteiger partial charge in [0, 0.05) is 19.3 Å². The summed E-state index contributed by atoms with van der Waals surface area (Å²) >= 11 is 0. The lowest BCUT2D eigenvalue weighted by Crippen LogP contribution is -2.26. The van der Waals surface area contributed by atoms with Crippen molar-refractivity contribution >= 4 is 11.9 Å². The molecule has 0 heterocycles. The summed E-state index contributed by atoms with van der Waals surface area (Å²) in [6.45, 7) is 7.09. The van der Waals surface area contributed by atoms with Gasteiger partial charge < -0.3 is 9.47 Å². The Bertz CT molecular complexity index is 664. The molecular weight excluding hydrogens is 316 g/mol. The number of esters is 2. The Kier molecular flexibility index (Phi) is 5.97. The van der Waals surface area contributed by atoms with Crippen LogP contribution < -0.4 is 9.47 Å². The highest BCUT2D eigenvalue weighted by atomic mass is 16.5. The SMILES string of the molecule is CCC(CC)(c1ccc(OC(C)=O)cc1)c1ccc(OC(C)=O)cc1. The summed E-state index contributed by atoms with van der Waals surface area (Å²) in [4.78, 5) is 22.2. The van der Waals surface area contributed by atoms with E-state index in [0.29, 0.717) is 11.5 Å². The second-order valence-electron chi connectivity index (χ2n) is 6.03. The van der Waals surface area contributed by atoms with Crippen molar-refractivity contribution < 1.29 is 19.1 Å². The zero-order valence-electron chi connectivity index (χ0n) is 15.2. The molecule has 0 aromatic heterocycles. The lowest BCUT2D eigenvalue weighted by molar-refractivity contribution is -0.132. The molecule has 0 bridgehead atoms. The van der Waals surface area contributed by atoms with Crippen LogP contribution in [0.4, 0.5) is 0 Å². The summed E-state index contributed by atoms with van der Waals surface area (Å²) in [6.07, 6.45) is 1.84. The summed E-state index contributed by atoms with van der Waals surface area (Å²) in [7, 11) is 0. The third-order valence-corrected chi connectivity index (χ3v) is 4.54. The number of rotatable bonds is 6. The molecule has 0 aliphatic carbocycles. The van der Waals surface area contributed by atoms with Gasteiger partial charge >= 0.3 is 11.9 Å². The fourth-order valence-electron chi connectivity index (χ4n) is 3.25. The Morgan fingerprint density at radius 1 is 0.720 bits per heavy atom. The molecule has 0 fully saturated rings. The summed E-state index contributed by atoms with van der Waals surface area (Å²) < 4.78 is 10.2. The van der Waals surface area contributed by atoms with Crippen molar-refractivity contribution in [2.45, 2.75) is 46.0 Å². The van der Waals surface area contributed by atoms with Gasteiger partial charge in [0.2, 0.25) is 0 Å². The molecule has 0 N–H and O–H groups in total. The predicted molar refractivity (Wildman–Crippen MR) is 96.9 cm³/mol. The average Bonchev–Trinajstić information content (AvgIpc) is 2.58. The molecule has 0 saturated carbocycles. The molecule has 25 heavy (non-hydrogen) atoms. The Labute approximate surface area is 148 Å². The molecule has 2 aromatic rings. The fraction of sp³-hybridized carbons (Fsp3) is 0.333. The van der Waals surface area contributed by atoms with Crippen LogP contribution in [0.25, 0.3) is 0 Å². The van der Waals surface area contributed by atoms with E-state index in [2.05, 4.69) is 13.8 Å². The van der Waals surface area contributed by atoms with E-state index in [0.717, 1.165) is 24.0 Å². The van der Waals surface area contributed by atoms with E-state index in [4.69, 9.17) is 9.47 Å². The topological polar surface area (TPSA) is 52.6 Å². The van der Waals surface area contributed by atoms with E-state index in [-0.39, 0.29) is 17.4 Å². The van der Waals surface area contributed by atoms with Gasteiger partial charge in [0.25, 0.3) is 0 Å². The number of ether oxygens (including phenoxy) is 2. The van der Waals surface area contributed by atoms with E-state index in [1.54, 1.807) is 0 Å². The molecule has 0 unspecified atom stereocenters. The molecule has 0 radical (unpaired) electrons. The van der Waals surface area contributed by atoms with Crippen molar-refractivity contribution in [2.75, 3.05) is 0 Å². The third kappa shape index (κ3) is 4.27. The Balaban J connectivity index is 2.37. The minimum atomic E-state index is -0.328. The maximum absolute atomic E-state index is 11.1. The van der Waals surface area contributed by atoms with Crippen LogP contribution in [0, 0.1) is 0 Å². The first-order chi connectivity index (χ1) is 11.9. The molecule has 4 nitrogen and oxygen atoms in total. The fourth-order valence-corrected chi connectivity index (χ4v) is 3.25. The summed E-state index contributed by atoms with van der Waals surface area (Å²) in [6, 6.07) is 15.3. The zero-order valence-corrected chi connectivity index (χ0v) is 15.2. The monoisotopic (exact) mass is 340 g/mol. The van der Waals surface area contributed by atoms with Gasteiger partial charge in [-0.3, -0.25) is 9.59 Å². The maximum Gasteiger partial charge on any atom is 0.308 e. The summed E-state index contributed by atoms with van der Waals surface area (Å²) in [5.74, 6) is 0.433. The summed E-state index contributed by atoms with van der Waals surface area (Å²) in [5, 5.41) is 0. The highest BCUT2D eigenvalue weighted by molar-refractivity contribution is 5.69. The van der Waals surface area contributed by atoms with E-state index >= 15 is 0 Å². The second kappa shape index (κ2) is 7.97. The minimum Gasteiger partial charge on any atom is -0.427 e. The van der Waals surface area contributed by atoms with Gasteiger partial charge in [0.15, 0.2) is 0 Å². The van der Waals surface area contributed by atoms with Gasteiger partial charge in [0.05, 0.1) is 0 Å². The van der Waals surface area contributed by atoms with Crippen LogP contribution in [0.3, 0.4) is 0 Å². The lowest BCUT2D eigenvalue weighted by Gasteiger charge is -2.33. The molecule has 0 amide bonds. The summed E-state index contributed by atoms with van der Waals surface area (Å²) in [5.41, 5.74) is 2.17. The highest BCUT2D eigenvalue weighted by Crippen LogP contribution is 2.39. The standard InChI is InChI=1S/C21H24O4/c1-5-21(6-2,17-7-11-19(12-8-17)24-15(3)22)18-9-13-20(14-10-18)25-16(4)23/h7-14H,5-6H2,1-4H3. The van der Waals surface area contributed by atoms with Crippen LogP contribution in [-0.2, 0) is 15.0 Å². The lowest BCUT2D eigenvalue weighted by atomic mass is 9.70. The first kappa shape index (κ1) is 18.7. The molecule has 4 heteroatoms. The Hall–Kier alpha value is -2.62. The van der Waals surface area contributed by atoms with Gasteiger partial charge in [-0.05, 0) is 48.2 Å². The number of carbonyl (C=O) groups is 2. The van der Waals surface area contributed by atoms with Gasteiger partial charge in [-0.2, -0.15) is 0 Å². The molecule has 0 aliphatic heterocycles. The zero-order chi connectivity index (χ0) is 18.4. The average molecular weight is 340 g/mol. The third-order valence-electron chi connectivity index (χ3n) is 4.54. The van der Waals surface area contributed by atoms with E-state index in [1.807, 2.05) is 48.5 Å². The normalized spacial score (nSPS) is 11.0. The molecule has 0 spiro atoms. The van der Waals surface area contributed by atoms with Crippen molar-refractivity contribution in [3.05, 3.63) is 59.7 Å². The van der Waals surface area contributed by atoms with E-state index in [9.17, 15) is 9.59 Å². The number of carbonyl (C=O) groups excluding carboxylic acids is 2. The second-order valence-corrected chi connectivity index (χ2v) is 6.03. The van der Waals surface area contributed by atoms with Crippen LogP contribution in [-0.4, -0.2) is 11.9 Å². The highest BCUT2D eigenvalue weighted by Gasteiger charge is 2.30. The largest absolute Gasteiger partial charge is 0.427 e.